The van der Waals surface area contributed by atoms with Gasteiger partial charge in [-0.05, 0) is 34.1 Å². The maximum absolute atomic E-state index is 13.0. The standard InChI is InChI=1S/C11H7BrFN3O2/c12-7-2-1-6(13)5-9(7)18-10-4-3-8(11(14)17)15-16-10/h1-5H,(H2,14,17). The molecule has 2 rings (SSSR count). The number of aromatic nitrogens is 2. The fourth-order valence-corrected chi connectivity index (χ4v) is 1.50. The second-order valence-corrected chi connectivity index (χ2v) is 4.15. The van der Waals surface area contributed by atoms with Crippen LogP contribution in [0.2, 0.25) is 0 Å². The number of hydrogen-bond acceptors (Lipinski definition) is 4. The van der Waals surface area contributed by atoms with Crippen molar-refractivity contribution < 1.29 is 13.9 Å². The van der Waals surface area contributed by atoms with Crippen molar-refractivity contribution >= 4 is 21.8 Å². The molecule has 0 atom stereocenters. The molecule has 0 unspecified atom stereocenters. The van der Waals surface area contributed by atoms with E-state index < -0.39 is 11.7 Å². The Labute approximate surface area is 110 Å². The predicted molar refractivity (Wildman–Crippen MR) is 64.7 cm³/mol. The molecule has 0 aliphatic heterocycles. The number of amides is 1. The Bertz CT molecular complexity index is 589. The van der Waals surface area contributed by atoms with Crippen LogP contribution in [0.4, 0.5) is 4.39 Å². The van der Waals surface area contributed by atoms with Gasteiger partial charge in [-0.3, -0.25) is 4.79 Å². The Hall–Kier alpha value is -2.02. The molecule has 92 valence electrons. The van der Waals surface area contributed by atoms with Gasteiger partial charge in [-0.2, -0.15) is 0 Å². The summed E-state index contributed by atoms with van der Waals surface area (Å²) in [6, 6.07) is 6.80. The van der Waals surface area contributed by atoms with E-state index in [1.54, 1.807) is 0 Å². The molecule has 0 fully saturated rings. The van der Waals surface area contributed by atoms with Crippen LogP contribution in [-0.4, -0.2) is 16.1 Å². The monoisotopic (exact) mass is 311 g/mol. The summed E-state index contributed by atoms with van der Waals surface area (Å²) in [7, 11) is 0. The number of nitrogens with zero attached hydrogens (tertiary/aromatic N) is 2. The lowest BCUT2D eigenvalue weighted by Crippen LogP contribution is -2.13. The Morgan fingerprint density at radius 3 is 2.67 bits per heavy atom. The fourth-order valence-electron chi connectivity index (χ4n) is 1.17. The van der Waals surface area contributed by atoms with Crippen molar-refractivity contribution in [2.75, 3.05) is 0 Å². The summed E-state index contributed by atoms with van der Waals surface area (Å²) in [5.74, 6) is -0.724. The Morgan fingerprint density at radius 1 is 1.28 bits per heavy atom. The van der Waals surface area contributed by atoms with Gasteiger partial charge in [0, 0.05) is 12.1 Å². The average Bonchev–Trinajstić information content (AvgIpc) is 2.34. The SMILES string of the molecule is NC(=O)c1ccc(Oc2cc(F)ccc2Br)nn1. The molecular formula is C11H7BrFN3O2. The molecule has 0 radical (unpaired) electrons. The molecule has 1 aromatic carbocycles. The van der Waals surface area contributed by atoms with Gasteiger partial charge >= 0.3 is 0 Å². The highest BCUT2D eigenvalue weighted by molar-refractivity contribution is 9.10. The molecule has 0 aliphatic rings. The number of nitrogens with two attached hydrogens (primary N) is 1. The largest absolute Gasteiger partial charge is 0.436 e. The van der Waals surface area contributed by atoms with E-state index in [9.17, 15) is 9.18 Å². The first kappa shape index (κ1) is 12.4. The van der Waals surface area contributed by atoms with Gasteiger partial charge in [0.05, 0.1) is 4.47 Å². The van der Waals surface area contributed by atoms with Gasteiger partial charge in [0.25, 0.3) is 5.91 Å². The second kappa shape index (κ2) is 5.09. The van der Waals surface area contributed by atoms with E-state index in [-0.39, 0.29) is 17.3 Å². The minimum absolute atomic E-state index is 0.0284. The molecule has 1 aromatic heterocycles. The molecule has 2 N–H and O–H groups in total. The van der Waals surface area contributed by atoms with E-state index >= 15 is 0 Å². The van der Waals surface area contributed by atoms with Crippen molar-refractivity contribution in [1.82, 2.24) is 10.2 Å². The molecule has 0 saturated carbocycles. The second-order valence-electron chi connectivity index (χ2n) is 3.30. The van der Waals surface area contributed by atoms with Crippen molar-refractivity contribution in [3.05, 3.63) is 46.3 Å². The zero-order valence-electron chi connectivity index (χ0n) is 8.93. The van der Waals surface area contributed by atoms with Crippen LogP contribution < -0.4 is 10.5 Å². The zero-order valence-corrected chi connectivity index (χ0v) is 10.5. The molecular weight excluding hydrogens is 305 g/mol. The van der Waals surface area contributed by atoms with Gasteiger partial charge in [0.15, 0.2) is 5.69 Å². The van der Waals surface area contributed by atoms with Crippen molar-refractivity contribution in [3.63, 3.8) is 0 Å². The third-order valence-corrected chi connectivity index (χ3v) is 2.66. The molecule has 0 spiro atoms. The number of carbonyl (C=O) groups is 1. The van der Waals surface area contributed by atoms with E-state index in [4.69, 9.17) is 10.5 Å². The first-order valence-corrected chi connectivity index (χ1v) is 5.62. The van der Waals surface area contributed by atoms with Gasteiger partial charge in [0.1, 0.15) is 11.6 Å². The van der Waals surface area contributed by atoms with Crippen LogP contribution in [0.1, 0.15) is 10.5 Å². The summed E-state index contributed by atoms with van der Waals surface area (Å²) in [6.07, 6.45) is 0. The van der Waals surface area contributed by atoms with Crippen LogP contribution in [0, 0.1) is 5.82 Å². The predicted octanol–water partition coefficient (Wildman–Crippen LogP) is 2.27. The minimum atomic E-state index is -0.680. The molecule has 7 heteroatoms. The molecule has 0 saturated heterocycles. The van der Waals surface area contributed by atoms with E-state index in [1.807, 2.05) is 0 Å². The van der Waals surface area contributed by atoms with E-state index in [2.05, 4.69) is 26.1 Å². The molecule has 2 aromatic rings. The first-order valence-electron chi connectivity index (χ1n) is 4.82. The van der Waals surface area contributed by atoms with E-state index in [0.29, 0.717) is 4.47 Å². The minimum Gasteiger partial charge on any atom is -0.436 e. The zero-order chi connectivity index (χ0) is 13.1. The van der Waals surface area contributed by atoms with Crippen molar-refractivity contribution in [3.8, 4) is 11.6 Å². The Balaban J connectivity index is 2.23. The summed E-state index contributed by atoms with van der Waals surface area (Å²) in [6.45, 7) is 0. The number of hydrogen-bond donors (Lipinski definition) is 1. The molecule has 0 bridgehead atoms. The third kappa shape index (κ3) is 2.80. The van der Waals surface area contributed by atoms with Crippen LogP contribution in [0.5, 0.6) is 11.6 Å². The van der Waals surface area contributed by atoms with Gasteiger partial charge < -0.3 is 10.5 Å². The average molecular weight is 312 g/mol. The summed E-state index contributed by atoms with van der Waals surface area (Å²) in [4.78, 5) is 10.8. The summed E-state index contributed by atoms with van der Waals surface area (Å²) >= 11 is 3.21. The fraction of sp³-hybridized carbons (Fsp3) is 0. The number of halogens is 2. The lowest BCUT2D eigenvalue weighted by Gasteiger charge is -2.06. The molecule has 5 nitrogen and oxygen atoms in total. The van der Waals surface area contributed by atoms with Crippen LogP contribution in [0.15, 0.2) is 34.8 Å². The lowest BCUT2D eigenvalue weighted by molar-refractivity contribution is 0.0994. The van der Waals surface area contributed by atoms with Crippen LogP contribution >= 0.6 is 15.9 Å². The topological polar surface area (TPSA) is 78.1 Å². The Kier molecular flexibility index (Phi) is 3.52. The molecule has 1 amide bonds. The highest BCUT2D eigenvalue weighted by Gasteiger charge is 2.07. The first-order chi connectivity index (χ1) is 8.56. The van der Waals surface area contributed by atoms with E-state index in [0.717, 1.165) is 0 Å². The van der Waals surface area contributed by atoms with Crippen molar-refractivity contribution in [2.45, 2.75) is 0 Å². The maximum atomic E-state index is 13.0. The van der Waals surface area contributed by atoms with Crippen LogP contribution in [-0.2, 0) is 0 Å². The number of rotatable bonds is 3. The summed E-state index contributed by atoms with van der Waals surface area (Å²) in [5, 5.41) is 7.22. The number of benzene rings is 1. The quantitative estimate of drug-likeness (QED) is 0.943. The maximum Gasteiger partial charge on any atom is 0.269 e. The third-order valence-electron chi connectivity index (χ3n) is 2.00. The molecule has 0 aliphatic carbocycles. The van der Waals surface area contributed by atoms with E-state index in [1.165, 1.54) is 30.3 Å². The number of ether oxygens (including phenoxy) is 1. The summed E-state index contributed by atoms with van der Waals surface area (Å²) in [5.41, 5.74) is 5.05. The normalized spacial score (nSPS) is 10.1. The van der Waals surface area contributed by atoms with Crippen molar-refractivity contribution in [2.24, 2.45) is 5.73 Å². The highest BCUT2D eigenvalue weighted by atomic mass is 79.9. The molecule has 18 heavy (non-hydrogen) atoms. The van der Waals surface area contributed by atoms with Gasteiger partial charge in [-0.1, -0.05) is 0 Å². The van der Waals surface area contributed by atoms with Gasteiger partial charge in [-0.25, -0.2) is 4.39 Å². The summed E-state index contributed by atoms with van der Waals surface area (Å²) < 4.78 is 18.9. The Morgan fingerprint density at radius 2 is 2.06 bits per heavy atom. The number of carbonyl (C=O) groups excluding carboxylic acids is 1. The highest BCUT2D eigenvalue weighted by Crippen LogP contribution is 2.29. The lowest BCUT2D eigenvalue weighted by atomic mass is 10.3. The number of primary amides is 1. The van der Waals surface area contributed by atoms with Crippen LogP contribution in [0.3, 0.4) is 0 Å². The van der Waals surface area contributed by atoms with Gasteiger partial charge in [0.2, 0.25) is 5.88 Å². The smallest absolute Gasteiger partial charge is 0.269 e. The van der Waals surface area contributed by atoms with Crippen molar-refractivity contribution in [1.29, 1.82) is 0 Å². The van der Waals surface area contributed by atoms with Crippen LogP contribution in [0.25, 0.3) is 0 Å². The molecule has 1 heterocycles. The van der Waals surface area contributed by atoms with Gasteiger partial charge in [-0.15, -0.1) is 10.2 Å².